The lowest BCUT2D eigenvalue weighted by Crippen LogP contribution is -2.32. The number of carbonyl (C=O) groups is 2. The van der Waals surface area contributed by atoms with E-state index >= 15 is 0 Å². The first kappa shape index (κ1) is 10.9. The third-order valence-corrected chi connectivity index (χ3v) is 1.15. The molecule has 0 aliphatic heterocycles. The molecule has 0 saturated carbocycles. The Morgan fingerprint density at radius 3 is 2.33 bits per heavy atom. The number of ether oxygens (including phenoxy) is 1. The van der Waals surface area contributed by atoms with Crippen molar-refractivity contribution >= 4 is 11.9 Å². The second-order valence-electron chi connectivity index (χ2n) is 2.63. The first-order valence-electron chi connectivity index (χ1n) is 3.61. The SMILES string of the molecule is CC(CC(=O)O)OC(=O)[C@H](C)N. The van der Waals surface area contributed by atoms with E-state index in [1.807, 2.05) is 0 Å². The Morgan fingerprint density at radius 1 is 1.50 bits per heavy atom. The summed E-state index contributed by atoms with van der Waals surface area (Å²) in [6.45, 7) is 2.99. The lowest BCUT2D eigenvalue weighted by atomic mass is 10.3. The van der Waals surface area contributed by atoms with Crippen molar-refractivity contribution in [3.05, 3.63) is 0 Å². The molecule has 12 heavy (non-hydrogen) atoms. The van der Waals surface area contributed by atoms with Crippen molar-refractivity contribution in [1.29, 1.82) is 0 Å². The number of rotatable bonds is 4. The van der Waals surface area contributed by atoms with Crippen LogP contribution in [0.3, 0.4) is 0 Å². The number of nitrogens with two attached hydrogens (primary N) is 1. The number of hydrogen-bond donors (Lipinski definition) is 2. The molecule has 70 valence electrons. The topological polar surface area (TPSA) is 89.6 Å². The minimum atomic E-state index is -1.00. The molecule has 0 saturated heterocycles. The van der Waals surface area contributed by atoms with Gasteiger partial charge in [-0.3, -0.25) is 9.59 Å². The predicted octanol–water partition coefficient (Wildman–Crippen LogP) is -0.260. The highest BCUT2D eigenvalue weighted by Gasteiger charge is 2.15. The summed E-state index contributed by atoms with van der Waals surface area (Å²) >= 11 is 0. The van der Waals surface area contributed by atoms with Crippen molar-refractivity contribution in [1.82, 2.24) is 0 Å². The first-order valence-corrected chi connectivity index (χ1v) is 3.61. The second-order valence-corrected chi connectivity index (χ2v) is 2.63. The first-order chi connectivity index (χ1) is 5.43. The largest absolute Gasteiger partial charge is 0.481 e. The van der Waals surface area contributed by atoms with Crippen molar-refractivity contribution in [2.75, 3.05) is 0 Å². The minimum absolute atomic E-state index is 0.196. The average Bonchev–Trinajstić information content (AvgIpc) is 1.84. The molecule has 0 heterocycles. The Morgan fingerprint density at radius 2 is 2.00 bits per heavy atom. The van der Waals surface area contributed by atoms with Crippen molar-refractivity contribution in [3.63, 3.8) is 0 Å². The molecule has 0 aliphatic rings. The molecular weight excluding hydrogens is 162 g/mol. The van der Waals surface area contributed by atoms with Crippen LogP contribution in [0.1, 0.15) is 20.3 Å². The Balaban J connectivity index is 3.76. The number of carboxylic acid groups (broad SMARTS) is 1. The lowest BCUT2D eigenvalue weighted by molar-refractivity contribution is -0.152. The fourth-order valence-corrected chi connectivity index (χ4v) is 0.593. The van der Waals surface area contributed by atoms with Crippen LogP contribution in [0.4, 0.5) is 0 Å². The van der Waals surface area contributed by atoms with Gasteiger partial charge in [-0.2, -0.15) is 0 Å². The van der Waals surface area contributed by atoms with E-state index in [1.165, 1.54) is 13.8 Å². The fraction of sp³-hybridized carbons (Fsp3) is 0.714. The molecule has 0 aliphatic carbocycles. The maximum Gasteiger partial charge on any atom is 0.322 e. The van der Waals surface area contributed by atoms with Crippen LogP contribution >= 0.6 is 0 Å². The molecule has 0 fully saturated rings. The molecule has 1 unspecified atom stereocenters. The van der Waals surface area contributed by atoms with Crippen molar-refractivity contribution < 1.29 is 19.4 Å². The summed E-state index contributed by atoms with van der Waals surface area (Å²) < 4.78 is 4.68. The van der Waals surface area contributed by atoms with Gasteiger partial charge in [0.05, 0.1) is 6.42 Å². The molecule has 0 spiro atoms. The summed E-state index contributed by atoms with van der Waals surface area (Å²) in [6.07, 6.45) is -0.820. The van der Waals surface area contributed by atoms with Crippen molar-refractivity contribution in [3.8, 4) is 0 Å². The van der Waals surface area contributed by atoms with Crippen LogP contribution in [-0.4, -0.2) is 29.2 Å². The van der Waals surface area contributed by atoms with Gasteiger partial charge in [0.15, 0.2) is 0 Å². The molecule has 0 amide bonds. The number of hydrogen-bond acceptors (Lipinski definition) is 4. The number of carboxylic acids is 1. The smallest absolute Gasteiger partial charge is 0.322 e. The van der Waals surface area contributed by atoms with E-state index in [0.717, 1.165) is 0 Å². The monoisotopic (exact) mass is 175 g/mol. The van der Waals surface area contributed by atoms with Crippen LogP contribution in [0.25, 0.3) is 0 Å². The van der Waals surface area contributed by atoms with E-state index in [-0.39, 0.29) is 6.42 Å². The Bertz CT molecular complexity index is 178. The van der Waals surface area contributed by atoms with Crippen molar-refractivity contribution in [2.24, 2.45) is 5.73 Å². The van der Waals surface area contributed by atoms with Gasteiger partial charge in [-0.1, -0.05) is 0 Å². The molecule has 5 heteroatoms. The quantitative estimate of drug-likeness (QED) is 0.574. The third-order valence-electron chi connectivity index (χ3n) is 1.15. The van der Waals surface area contributed by atoms with Crippen LogP contribution < -0.4 is 5.73 Å². The van der Waals surface area contributed by atoms with Crippen molar-refractivity contribution in [2.45, 2.75) is 32.4 Å². The molecule has 2 atom stereocenters. The van der Waals surface area contributed by atoms with Gasteiger partial charge >= 0.3 is 11.9 Å². The highest BCUT2D eigenvalue weighted by molar-refractivity contribution is 5.75. The van der Waals surface area contributed by atoms with Gasteiger partial charge < -0.3 is 15.6 Å². The van der Waals surface area contributed by atoms with Crippen LogP contribution in [0, 0.1) is 0 Å². The molecule has 0 aromatic heterocycles. The predicted molar refractivity (Wildman–Crippen MR) is 41.5 cm³/mol. The minimum Gasteiger partial charge on any atom is -0.481 e. The molecule has 5 nitrogen and oxygen atoms in total. The van der Waals surface area contributed by atoms with Gasteiger partial charge in [-0.05, 0) is 13.8 Å². The molecule has 0 rings (SSSR count). The second kappa shape index (κ2) is 4.71. The summed E-state index contributed by atoms with van der Waals surface area (Å²) in [6, 6.07) is -0.707. The Hall–Kier alpha value is -1.10. The average molecular weight is 175 g/mol. The normalized spacial score (nSPS) is 14.9. The van der Waals surface area contributed by atoms with E-state index in [0.29, 0.717) is 0 Å². The van der Waals surface area contributed by atoms with Gasteiger partial charge in [-0.25, -0.2) is 0 Å². The Labute approximate surface area is 70.5 Å². The maximum absolute atomic E-state index is 10.8. The van der Waals surface area contributed by atoms with E-state index < -0.39 is 24.1 Å². The van der Waals surface area contributed by atoms with E-state index in [9.17, 15) is 9.59 Å². The van der Waals surface area contributed by atoms with Gasteiger partial charge in [-0.15, -0.1) is 0 Å². The van der Waals surface area contributed by atoms with Gasteiger partial charge in [0.1, 0.15) is 12.1 Å². The summed E-state index contributed by atoms with van der Waals surface area (Å²) in [5.41, 5.74) is 5.19. The van der Waals surface area contributed by atoms with Gasteiger partial charge in [0, 0.05) is 0 Å². The molecular formula is C7H13NO4. The standard InChI is InChI=1S/C7H13NO4/c1-4(3-6(9)10)12-7(11)5(2)8/h4-5H,3,8H2,1-2H3,(H,9,10)/t4?,5-/m0/s1. The molecule has 0 radical (unpaired) electrons. The highest BCUT2D eigenvalue weighted by Crippen LogP contribution is 1.98. The van der Waals surface area contributed by atoms with E-state index in [4.69, 9.17) is 10.8 Å². The zero-order valence-electron chi connectivity index (χ0n) is 7.11. The fourth-order valence-electron chi connectivity index (χ4n) is 0.593. The Kier molecular flexibility index (Phi) is 4.28. The van der Waals surface area contributed by atoms with Crippen LogP contribution in [0.2, 0.25) is 0 Å². The molecule has 0 bridgehead atoms. The summed E-state index contributed by atoms with van der Waals surface area (Å²) in [4.78, 5) is 20.9. The summed E-state index contributed by atoms with van der Waals surface area (Å²) in [5.74, 6) is -1.58. The highest BCUT2D eigenvalue weighted by atomic mass is 16.5. The molecule has 0 aromatic rings. The van der Waals surface area contributed by atoms with Gasteiger partial charge in [0.25, 0.3) is 0 Å². The maximum atomic E-state index is 10.8. The van der Waals surface area contributed by atoms with Crippen LogP contribution in [0.15, 0.2) is 0 Å². The molecule has 3 N–H and O–H groups in total. The van der Waals surface area contributed by atoms with E-state index in [1.54, 1.807) is 0 Å². The number of aliphatic carboxylic acids is 1. The van der Waals surface area contributed by atoms with Crippen LogP contribution in [-0.2, 0) is 14.3 Å². The third kappa shape index (κ3) is 4.68. The summed E-state index contributed by atoms with van der Waals surface area (Å²) in [5, 5.41) is 8.31. The zero-order valence-corrected chi connectivity index (χ0v) is 7.11. The lowest BCUT2D eigenvalue weighted by Gasteiger charge is -2.12. The number of esters is 1. The van der Waals surface area contributed by atoms with E-state index in [2.05, 4.69) is 4.74 Å². The molecule has 0 aromatic carbocycles. The zero-order chi connectivity index (χ0) is 9.72. The van der Waals surface area contributed by atoms with Crippen LogP contribution in [0.5, 0.6) is 0 Å². The number of carbonyl (C=O) groups excluding carboxylic acids is 1. The summed E-state index contributed by atoms with van der Waals surface area (Å²) in [7, 11) is 0. The van der Waals surface area contributed by atoms with Gasteiger partial charge in [0.2, 0.25) is 0 Å².